The first-order valence-corrected chi connectivity index (χ1v) is 4.88. The van der Waals surface area contributed by atoms with Crippen molar-refractivity contribution in [2.45, 2.75) is 25.4 Å². The maximum Gasteiger partial charge on any atom is 0.323 e. The molecule has 2 heterocycles. The fourth-order valence-corrected chi connectivity index (χ4v) is 1.86. The first-order chi connectivity index (χ1) is 7.31. The molecule has 0 aromatic carbocycles. The first kappa shape index (κ1) is 10.1. The van der Waals surface area contributed by atoms with E-state index in [1.807, 2.05) is 4.90 Å². The molecule has 1 aromatic heterocycles. The molecule has 1 unspecified atom stereocenters. The molecule has 1 saturated heterocycles. The van der Waals surface area contributed by atoms with E-state index >= 15 is 0 Å². The average Bonchev–Trinajstić information content (AvgIpc) is 2.88. The summed E-state index contributed by atoms with van der Waals surface area (Å²) in [4.78, 5) is 17.4. The highest BCUT2D eigenvalue weighted by Gasteiger charge is 2.31. The second-order valence-corrected chi connectivity index (χ2v) is 3.50. The molecule has 1 aromatic rings. The molecular formula is C9H13N3O3. The van der Waals surface area contributed by atoms with E-state index in [0.717, 1.165) is 19.4 Å². The lowest BCUT2D eigenvalue weighted by atomic mass is 10.2. The van der Waals surface area contributed by atoms with Gasteiger partial charge in [-0.15, -0.1) is 0 Å². The van der Waals surface area contributed by atoms with Crippen LogP contribution >= 0.6 is 0 Å². The Morgan fingerprint density at radius 3 is 3.33 bits per heavy atom. The van der Waals surface area contributed by atoms with Crippen LogP contribution in [0.3, 0.4) is 0 Å². The van der Waals surface area contributed by atoms with Crippen molar-refractivity contribution < 1.29 is 14.1 Å². The van der Waals surface area contributed by atoms with Gasteiger partial charge in [0.05, 0.1) is 13.7 Å². The molecule has 0 N–H and O–H groups in total. The molecule has 0 radical (unpaired) electrons. The SMILES string of the molecule is COC(=O)C1CCCN1Cc1ncon1. The Morgan fingerprint density at radius 2 is 2.67 bits per heavy atom. The van der Waals surface area contributed by atoms with E-state index in [1.54, 1.807) is 0 Å². The number of nitrogens with zero attached hydrogens (tertiary/aromatic N) is 3. The van der Waals surface area contributed by atoms with E-state index < -0.39 is 0 Å². The van der Waals surface area contributed by atoms with Crippen LogP contribution < -0.4 is 0 Å². The van der Waals surface area contributed by atoms with Gasteiger partial charge in [-0.1, -0.05) is 5.16 Å². The van der Waals surface area contributed by atoms with Crippen LogP contribution in [0.5, 0.6) is 0 Å². The fraction of sp³-hybridized carbons (Fsp3) is 0.667. The van der Waals surface area contributed by atoms with Gasteiger partial charge in [-0.2, -0.15) is 4.98 Å². The summed E-state index contributed by atoms with van der Waals surface area (Å²) in [6.45, 7) is 1.41. The van der Waals surface area contributed by atoms with Crippen molar-refractivity contribution in [2.24, 2.45) is 0 Å². The van der Waals surface area contributed by atoms with E-state index in [4.69, 9.17) is 4.74 Å². The van der Waals surface area contributed by atoms with Crippen LogP contribution in [0.1, 0.15) is 18.7 Å². The second-order valence-electron chi connectivity index (χ2n) is 3.50. The minimum absolute atomic E-state index is 0.159. The number of likely N-dealkylation sites (tertiary alicyclic amines) is 1. The highest BCUT2D eigenvalue weighted by atomic mass is 16.5. The predicted molar refractivity (Wildman–Crippen MR) is 49.7 cm³/mol. The third-order valence-corrected chi connectivity index (χ3v) is 2.59. The van der Waals surface area contributed by atoms with Crippen LogP contribution in [0.25, 0.3) is 0 Å². The zero-order valence-corrected chi connectivity index (χ0v) is 8.55. The van der Waals surface area contributed by atoms with E-state index in [2.05, 4.69) is 14.7 Å². The highest BCUT2D eigenvalue weighted by molar-refractivity contribution is 5.75. The maximum absolute atomic E-state index is 11.4. The number of methoxy groups -OCH3 is 1. The molecule has 1 aliphatic rings. The largest absolute Gasteiger partial charge is 0.468 e. The number of aromatic nitrogens is 2. The molecule has 6 heteroatoms. The second kappa shape index (κ2) is 4.39. The number of ether oxygens (including phenoxy) is 1. The van der Waals surface area contributed by atoms with Gasteiger partial charge >= 0.3 is 5.97 Å². The van der Waals surface area contributed by atoms with Gasteiger partial charge in [0.25, 0.3) is 0 Å². The third kappa shape index (κ3) is 2.15. The van der Waals surface area contributed by atoms with Crippen LogP contribution in [0.15, 0.2) is 10.9 Å². The molecule has 1 fully saturated rings. The summed E-state index contributed by atoms with van der Waals surface area (Å²) in [6.07, 6.45) is 3.13. The summed E-state index contributed by atoms with van der Waals surface area (Å²) >= 11 is 0. The van der Waals surface area contributed by atoms with Crippen LogP contribution in [0, 0.1) is 0 Å². The highest BCUT2D eigenvalue weighted by Crippen LogP contribution is 2.19. The van der Waals surface area contributed by atoms with E-state index in [1.165, 1.54) is 13.5 Å². The minimum Gasteiger partial charge on any atom is -0.468 e. The molecular weight excluding hydrogens is 198 g/mol. The Kier molecular flexibility index (Phi) is 2.96. The molecule has 6 nitrogen and oxygen atoms in total. The Morgan fingerprint density at radius 1 is 1.80 bits per heavy atom. The monoisotopic (exact) mass is 211 g/mol. The van der Waals surface area contributed by atoms with Crippen molar-refractivity contribution in [1.29, 1.82) is 0 Å². The zero-order chi connectivity index (χ0) is 10.7. The van der Waals surface area contributed by atoms with Crippen molar-refractivity contribution in [3.63, 3.8) is 0 Å². The number of hydrogen-bond acceptors (Lipinski definition) is 6. The van der Waals surface area contributed by atoms with Gasteiger partial charge < -0.3 is 9.26 Å². The predicted octanol–water partition coefficient (Wildman–Crippen LogP) is 0.207. The van der Waals surface area contributed by atoms with Gasteiger partial charge in [0, 0.05) is 0 Å². The van der Waals surface area contributed by atoms with Gasteiger partial charge in [0.1, 0.15) is 6.04 Å². The number of rotatable bonds is 3. The summed E-state index contributed by atoms with van der Waals surface area (Å²) in [6, 6.07) is -0.159. The van der Waals surface area contributed by atoms with Crippen LogP contribution in [0.2, 0.25) is 0 Å². The van der Waals surface area contributed by atoms with Crippen molar-refractivity contribution >= 4 is 5.97 Å². The Hall–Kier alpha value is -1.43. The molecule has 0 amide bonds. The van der Waals surface area contributed by atoms with E-state index in [-0.39, 0.29) is 12.0 Å². The van der Waals surface area contributed by atoms with Crippen molar-refractivity contribution in [3.8, 4) is 0 Å². The molecule has 2 rings (SSSR count). The summed E-state index contributed by atoms with van der Waals surface area (Å²) in [5.41, 5.74) is 0. The minimum atomic E-state index is -0.184. The fourth-order valence-electron chi connectivity index (χ4n) is 1.86. The maximum atomic E-state index is 11.4. The molecule has 0 bridgehead atoms. The lowest BCUT2D eigenvalue weighted by Gasteiger charge is -2.20. The molecule has 0 spiro atoms. The third-order valence-electron chi connectivity index (χ3n) is 2.59. The molecule has 82 valence electrons. The van der Waals surface area contributed by atoms with Gasteiger partial charge in [0.15, 0.2) is 5.82 Å². The average molecular weight is 211 g/mol. The number of hydrogen-bond donors (Lipinski definition) is 0. The Balaban J connectivity index is 1.99. The summed E-state index contributed by atoms with van der Waals surface area (Å²) in [5.74, 6) is 0.418. The number of esters is 1. The van der Waals surface area contributed by atoms with Crippen molar-refractivity contribution in [3.05, 3.63) is 12.2 Å². The van der Waals surface area contributed by atoms with Crippen LogP contribution in [-0.4, -0.2) is 40.7 Å². The number of carbonyl (C=O) groups excluding carboxylic acids is 1. The summed E-state index contributed by atoms with van der Waals surface area (Å²) in [5, 5.41) is 3.72. The van der Waals surface area contributed by atoms with Gasteiger partial charge in [-0.25, -0.2) is 0 Å². The summed E-state index contributed by atoms with van der Waals surface area (Å²) < 4.78 is 9.38. The smallest absolute Gasteiger partial charge is 0.323 e. The standard InChI is InChI=1S/C9H13N3O3/c1-14-9(13)7-3-2-4-12(7)5-8-10-6-15-11-8/h6-7H,2-5H2,1H3. The number of carbonyl (C=O) groups is 1. The molecule has 15 heavy (non-hydrogen) atoms. The first-order valence-electron chi connectivity index (χ1n) is 4.88. The lowest BCUT2D eigenvalue weighted by molar-refractivity contribution is -0.146. The lowest BCUT2D eigenvalue weighted by Crippen LogP contribution is -2.36. The normalized spacial score (nSPS) is 21.8. The van der Waals surface area contributed by atoms with Crippen molar-refractivity contribution in [1.82, 2.24) is 15.0 Å². The topological polar surface area (TPSA) is 68.5 Å². The zero-order valence-electron chi connectivity index (χ0n) is 8.55. The van der Waals surface area contributed by atoms with Crippen LogP contribution in [0.4, 0.5) is 0 Å². The molecule has 0 aliphatic carbocycles. The van der Waals surface area contributed by atoms with Crippen molar-refractivity contribution in [2.75, 3.05) is 13.7 Å². The Labute approximate surface area is 87.2 Å². The van der Waals surface area contributed by atoms with Gasteiger partial charge in [0.2, 0.25) is 6.39 Å². The van der Waals surface area contributed by atoms with Crippen LogP contribution in [-0.2, 0) is 16.1 Å². The van der Waals surface area contributed by atoms with Gasteiger partial charge in [-0.05, 0) is 19.4 Å². The Bertz CT molecular complexity index is 325. The molecule has 1 aliphatic heterocycles. The van der Waals surface area contributed by atoms with E-state index in [0.29, 0.717) is 12.4 Å². The van der Waals surface area contributed by atoms with E-state index in [9.17, 15) is 4.79 Å². The van der Waals surface area contributed by atoms with Gasteiger partial charge in [-0.3, -0.25) is 9.69 Å². The molecule has 1 atom stereocenters. The summed E-state index contributed by atoms with van der Waals surface area (Å²) in [7, 11) is 1.41. The molecule has 0 saturated carbocycles. The quantitative estimate of drug-likeness (QED) is 0.665.